The molecule has 1 aliphatic rings. The number of hydrogen-bond acceptors (Lipinski definition) is 4. The molecular formula is C17H27ClN2O3S. The van der Waals surface area contributed by atoms with Gasteiger partial charge in [-0.1, -0.05) is 6.92 Å². The number of carbonyl (C=O) groups excluding carboxylic acids is 1. The van der Waals surface area contributed by atoms with Crippen LogP contribution in [0.3, 0.4) is 0 Å². The lowest BCUT2D eigenvalue weighted by Crippen LogP contribution is -2.40. The van der Waals surface area contributed by atoms with Crippen molar-refractivity contribution in [2.45, 2.75) is 31.1 Å². The molecule has 0 unspecified atom stereocenters. The minimum atomic E-state index is -3.22. The lowest BCUT2D eigenvalue weighted by Gasteiger charge is -2.32. The van der Waals surface area contributed by atoms with Crippen LogP contribution in [0.1, 0.15) is 36.5 Å². The molecular weight excluding hydrogens is 348 g/mol. The van der Waals surface area contributed by atoms with E-state index in [1.165, 1.54) is 18.4 Å². The summed E-state index contributed by atoms with van der Waals surface area (Å²) in [6.07, 6.45) is 4.34. The van der Waals surface area contributed by atoms with Gasteiger partial charge in [0.15, 0.2) is 9.84 Å². The van der Waals surface area contributed by atoms with Gasteiger partial charge in [-0.05, 0) is 62.5 Å². The molecule has 5 nitrogen and oxygen atoms in total. The van der Waals surface area contributed by atoms with Crippen LogP contribution in [0.25, 0.3) is 0 Å². The summed E-state index contributed by atoms with van der Waals surface area (Å²) in [7, 11) is -3.22. The van der Waals surface area contributed by atoms with Crippen LogP contribution >= 0.6 is 12.4 Å². The lowest BCUT2D eigenvalue weighted by molar-refractivity contribution is 0.0690. The second kappa shape index (κ2) is 9.39. The van der Waals surface area contributed by atoms with E-state index in [4.69, 9.17) is 0 Å². The van der Waals surface area contributed by atoms with E-state index in [-0.39, 0.29) is 23.2 Å². The molecule has 136 valence electrons. The van der Waals surface area contributed by atoms with E-state index in [1.807, 2.05) is 4.90 Å². The molecule has 1 aromatic carbocycles. The maximum atomic E-state index is 12.5. The summed E-state index contributed by atoms with van der Waals surface area (Å²) in [5, 5.41) is 3.44. The van der Waals surface area contributed by atoms with Crippen molar-refractivity contribution in [2.24, 2.45) is 5.92 Å². The summed E-state index contributed by atoms with van der Waals surface area (Å²) in [5.41, 5.74) is 0.556. The molecule has 1 amide bonds. The maximum absolute atomic E-state index is 12.5. The van der Waals surface area contributed by atoms with Crippen LogP contribution < -0.4 is 5.32 Å². The van der Waals surface area contributed by atoms with Crippen molar-refractivity contribution in [3.05, 3.63) is 29.8 Å². The summed E-state index contributed by atoms with van der Waals surface area (Å²) in [5.74, 6) is 0.628. The predicted octanol–water partition coefficient (Wildman–Crippen LogP) is 2.36. The van der Waals surface area contributed by atoms with Crippen LogP contribution in [-0.4, -0.2) is 51.7 Å². The van der Waals surface area contributed by atoms with Gasteiger partial charge in [0.05, 0.1) is 4.90 Å². The van der Waals surface area contributed by atoms with Gasteiger partial charge in [-0.2, -0.15) is 0 Å². The maximum Gasteiger partial charge on any atom is 0.253 e. The van der Waals surface area contributed by atoms with Crippen LogP contribution in [0.2, 0.25) is 0 Å². The Balaban J connectivity index is 0.00000288. The first-order valence-electron chi connectivity index (χ1n) is 8.22. The first kappa shape index (κ1) is 20.9. The molecule has 1 fully saturated rings. The van der Waals surface area contributed by atoms with E-state index >= 15 is 0 Å². The monoisotopic (exact) mass is 374 g/mol. The van der Waals surface area contributed by atoms with E-state index < -0.39 is 9.84 Å². The molecule has 0 bridgehead atoms. The smallest absolute Gasteiger partial charge is 0.253 e. The largest absolute Gasteiger partial charge is 0.339 e. The molecule has 0 aromatic heterocycles. The van der Waals surface area contributed by atoms with E-state index in [2.05, 4.69) is 12.2 Å². The number of sulfone groups is 1. The third kappa shape index (κ3) is 5.76. The standard InChI is InChI=1S/C17H26N2O3S.ClH/c1-3-10-18-13-14-8-11-19(12-9-14)17(20)15-4-6-16(7-5-15)23(2,21)22;/h4-7,14,18H,3,8-13H2,1-2H3;1H. The minimum absolute atomic E-state index is 0. The number of halogens is 1. The minimum Gasteiger partial charge on any atom is -0.339 e. The van der Waals surface area contributed by atoms with Crippen LogP contribution in [0.5, 0.6) is 0 Å². The fraction of sp³-hybridized carbons (Fsp3) is 0.588. The van der Waals surface area contributed by atoms with Crippen molar-refractivity contribution in [1.29, 1.82) is 0 Å². The number of benzene rings is 1. The number of hydrogen-bond donors (Lipinski definition) is 1. The second-order valence-corrected chi connectivity index (χ2v) is 8.25. The van der Waals surface area contributed by atoms with Crippen molar-refractivity contribution < 1.29 is 13.2 Å². The summed E-state index contributed by atoms with van der Waals surface area (Å²) in [6.45, 7) is 5.77. The zero-order valence-corrected chi connectivity index (χ0v) is 16.0. The first-order valence-corrected chi connectivity index (χ1v) is 10.1. The molecule has 1 N–H and O–H groups in total. The normalized spacial score (nSPS) is 15.8. The Labute approximate surface area is 151 Å². The van der Waals surface area contributed by atoms with Gasteiger partial charge >= 0.3 is 0 Å². The van der Waals surface area contributed by atoms with Gasteiger partial charge in [0.2, 0.25) is 0 Å². The number of nitrogens with one attached hydrogen (secondary N) is 1. The molecule has 0 aliphatic carbocycles. The lowest BCUT2D eigenvalue weighted by atomic mass is 9.96. The fourth-order valence-corrected chi connectivity index (χ4v) is 3.48. The van der Waals surface area contributed by atoms with Crippen molar-refractivity contribution in [3.63, 3.8) is 0 Å². The number of carbonyl (C=O) groups is 1. The van der Waals surface area contributed by atoms with Crippen molar-refractivity contribution in [1.82, 2.24) is 10.2 Å². The highest BCUT2D eigenvalue weighted by molar-refractivity contribution is 7.90. The average molecular weight is 375 g/mol. The van der Waals surface area contributed by atoms with Gasteiger partial charge < -0.3 is 10.2 Å². The van der Waals surface area contributed by atoms with E-state index in [9.17, 15) is 13.2 Å². The highest BCUT2D eigenvalue weighted by atomic mass is 35.5. The molecule has 0 radical (unpaired) electrons. The van der Waals surface area contributed by atoms with Crippen LogP contribution in [0, 0.1) is 5.92 Å². The summed E-state index contributed by atoms with van der Waals surface area (Å²) < 4.78 is 22.9. The summed E-state index contributed by atoms with van der Waals surface area (Å²) in [6, 6.07) is 6.22. The van der Waals surface area contributed by atoms with Crippen LogP contribution in [0.4, 0.5) is 0 Å². The van der Waals surface area contributed by atoms with Gasteiger partial charge in [-0.3, -0.25) is 4.79 Å². The van der Waals surface area contributed by atoms with Crippen molar-refractivity contribution >= 4 is 28.2 Å². The number of nitrogens with zero attached hydrogens (tertiary/aromatic N) is 1. The zero-order chi connectivity index (χ0) is 16.9. The van der Waals surface area contributed by atoms with E-state index in [1.54, 1.807) is 12.1 Å². The molecule has 1 saturated heterocycles. The van der Waals surface area contributed by atoms with Gasteiger partial charge in [0.1, 0.15) is 0 Å². The molecule has 2 rings (SSSR count). The van der Waals surface area contributed by atoms with Gasteiger partial charge in [0.25, 0.3) is 5.91 Å². The molecule has 0 atom stereocenters. The number of piperidine rings is 1. The van der Waals surface area contributed by atoms with E-state index in [0.29, 0.717) is 11.5 Å². The van der Waals surface area contributed by atoms with E-state index in [0.717, 1.165) is 45.4 Å². The average Bonchev–Trinajstić information content (AvgIpc) is 2.54. The molecule has 0 saturated carbocycles. The Bertz CT molecular complexity index is 624. The van der Waals surface area contributed by atoms with Crippen molar-refractivity contribution in [3.8, 4) is 0 Å². The predicted molar refractivity (Wildman–Crippen MR) is 98.6 cm³/mol. The number of rotatable bonds is 6. The Morgan fingerprint density at radius 3 is 2.29 bits per heavy atom. The third-order valence-corrected chi connectivity index (χ3v) is 5.42. The topological polar surface area (TPSA) is 66.5 Å². The number of likely N-dealkylation sites (tertiary alicyclic amines) is 1. The molecule has 7 heteroatoms. The van der Waals surface area contributed by atoms with Gasteiger partial charge in [0, 0.05) is 24.9 Å². The Hall–Kier alpha value is -1.11. The Kier molecular flexibility index (Phi) is 8.19. The molecule has 1 heterocycles. The molecule has 1 aliphatic heterocycles. The summed E-state index contributed by atoms with van der Waals surface area (Å²) >= 11 is 0. The SMILES string of the molecule is CCCNCC1CCN(C(=O)c2ccc(S(C)(=O)=O)cc2)CC1.Cl. The Morgan fingerprint density at radius 1 is 1.21 bits per heavy atom. The highest BCUT2D eigenvalue weighted by Crippen LogP contribution is 2.19. The number of amides is 1. The molecule has 0 spiro atoms. The third-order valence-electron chi connectivity index (χ3n) is 4.29. The van der Waals surface area contributed by atoms with Crippen molar-refractivity contribution in [2.75, 3.05) is 32.4 Å². The highest BCUT2D eigenvalue weighted by Gasteiger charge is 2.23. The van der Waals surface area contributed by atoms with Crippen LogP contribution in [-0.2, 0) is 9.84 Å². The quantitative estimate of drug-likeness (QED) is 0.776. The first-order chi connectivity index (χ1) is 10.9. The van der Waals surface area contributed by atoms with Gasteiger partial charge in [-0.25, -0.2) is 8.42 Å². The van der Waals surface area contributed by atoms with Gasteiger partial charge in [-0.15, -0.1) is 12.4 Å². The fourth-order valence-electron chi connectivity index (χ4n) is 2.85. The molecule has 24 heavy (non-hydrogen) atoms. The Morgan fingerprint density at radius 2 is 1.79 bits per heavy atom. The zero-order valence-electron chi connectivity index (χ0n) is 14.3. The molecule has 1 aromatic rings. The van der Waals surface area contributed by atoms with Crippen LogP contribution in [0.15, 0.2) is 29.2 Å². The summed E-state index contributed by atoms with van der Waals surface area (Å²) in [4.78, 5) is 14.6. The second-order valence-electron chi connectivity index (χ2n) is 6.24.